The molecule has 2 N–H and O–H groups in total. The Morgan fingerprint density at radius 1 is 1.44 bits per heavy atom. The predicted molar refractivity (Wildman–Crippen MR) is 65.3 cm³/mol. The first-order valence-corrected chi connectivity index (χ1v) is 5.31. The van der Waals surface area contributed by atoms with Crippen molar-refractivity contribution < 1.29 is 9.53 Å². The topological polar surface area (TPSA) is 50.4 Å². The fourth-order valence-electron chi connectivity index (χ4n) is 1.17. The number of carbonyl (C=O) groups is 1. The van der Waals surface area contributed by atoms with Crippen molar-refractivity contribution >= 4 is 23.3 Å². The maximum atomic E-state index is 11.4. The molecule has 0 unspecified atom stereocenters. The molecule has 0 saturated heterocycles. The standard InChI is InChI=1S/C11H15ClN2O2/c1-7(2)13-11(15)14-8-4-5-9(12)10(6-8)16-3/h4-7H,1-3H3,(H2,13,14,15). The number of rotatable bonds is 3. The number of ether oxygens (including phenoxy) is 1. The number of carbonyl (C=O) groups excluding carboxylic acids is 1. The van der Waals surface area contributed by atoms with E-state index in [0.29, 0.717) is 16.5 Å². The lowest BCUT2D eigenvalue weighted by Crippen LogP contribution is -2.34. The molecular formula is C11H15ClN2O2. The molecule has 0 atom stereocenters. The number of methoxy groups -OCH3 is 1. The van der Waals surface area contributed by atoms with Gasteiger partial charge >= 0.3 is 6.03 Å². The lowest BCUT2D eigenvalue weighted by molar-refractivity contribution is 0.250. The number of nitrogens with one attached hydrogen (secondary N) is 2. The average molecular weight is 243 g/mol. The highest BCUT2D eigenvalue weighted by molar-refractivity contribution is 6.32. The van der Waals surface area contributed by atoms with E-state index in [4.69, 9.17) is 16.3 Å². The fraction of sp³-hybridized carbons (Fsp3) is 0.364. The van der Waals surface area contributed by atoms with Gasteiger partial charge in [-0.3, -0.25) is 0 Å². The summed E-state index contributed by atoms with van der Waals surface area (Å²) in [5.41, 5.74) is 0.638. The van der Waals surface area contributed by atoms with Gasteiger partial charge in [0.15, 0.2) is 0 Å². The second-order valence-electron chi connectivity index (χ2n) is 3.60. The van der Waals surface area contributed by atoms with Crippen molar-refractivity contribution in [3.8, 4) is 5.75 Å². The van der Waals surface area contributed by atoms with Gasteiger partial charge in [-0.25, -0.2) is 4.79 Å². The Morgan fingerprint density at radius 2 is 2.12 bits per heavy atom. The van der Waals surface area contributed by atoms with Crippen LogP contribution < -0.4 is 15.4 Å². The largest absolute Gasteiger partial charge is 0.495 e. The van der Waals surface area contributed by atoms with Gasteiger partial charge in [0, 0.05) is 17.8 Å². The number of amides is 2. The van der Waals surface area contributed by atoms with Crippen LogP contribution in [0.15, 0.2) is 18.2 Å². The Morgan fingerprint density at radius 3 is 2.69 bits per heavy atom. The normalized spacial score (nSPS) is 10.1. The van der Waals surface area contributed by atoms with Crippen LogP contribution in [0.1, 0.15) is 13.8 Å². The number of urea groups is 1. The molecule has 0 spiro atoms. The van der Waals surface area contributed by atoms with Gasteiger partial charge in [0.1, 0.15) is 5.75 Å². The van der Waals surface area contributed by atoms with E-state index in [1.54, 1.807) is 18.2 Å². The molecule has 88 valence electrons. The maximum absolute atomic E-state index is 11.4. The average Bonchev–Trinajstić information content (AvgIpc) is 2.19. The molecule has 0 fully saturated rings. The van der Waals surface area contributed by atoms with Crippen molar-refractivity contribution in [2.45, 2.75) is 19.9 Å². The lowest BCUT2D eigenvalue weighted by atomic mass is 10.3. The Labute approximate surface area is 99.9 Å². The van der Waals surface area contributed by atoms with Crippen LogP contribution >= 0.6 is 11.6 Å². The van der Waals surface area contributed by atoms with Gasteiger partial charge in [0.2, 0.25) is 0 Å². The Hall–Kier alpha value is -1.42. The van der Waals surface area contributed by atoms with Crippen LogP contribution in [-0.4, -0.2) is 19.2 Å². The van der Waals surface area contributed by atoms with Crippen molar-refractivity contribution in [1.82, 2.24) is 5.32 Å². The monoisotopic (exact) mass is 242 g/mol. The zero-order chi connectivity index (χ0) is 12.1. The number of benzene rings is 1. The van der Waals surface area contributed by atoms with E-state index in [9.17, 15) is 4.79 Å². The van der Waals surface area contributed by atoms with Crippen LogP contribution in [0.4, 0.5) is 10.5 Å². The summed E-state index contributed by atoms with van der Waals surface area (Å²) in [4.78, 5) is 11.4. The number of hydrogen-bond acceptors (Lipinski definition) is 2. The molecule has 0 aromatic heterocycles. The van der Waals surface area contributed by atoms with Gasteiger partial charge < -0.3 is 15.4 Å². The minimum absolute atomic E-state index is 0.0918. The molecule has 0 bridgehead atoms. The molecule has 0 aliphatic carbocycles. The number of anilines is 1. The van der Waals surface area contributed by atoms with Crippen molar-refractivity contribution in [3.05, 3.63) is 23.2 Å². The Balaban J connectivity index is 2.71. The molecule has 5 heteroatoms. The van der Waals surface area contributed by atoms with E-state index in [1.165, 1.54) is 7.11 Å². The summed E-state index contributed by atoms with van der Waals surface area (Å²) >= 11 is 5.86. The molecule has 1 aromatic carbocycles. The molecule has 4 nitrogen and oxygen atoms in total. The van der Waals surface area contributed by atoms with Crippen molar-refractivity contribution in [1.29, 1.82) is 0 Å². The van der Waals surface area contributed by atoms with Crippen LogP contribution in [0.2, 0.25) is 5.02 Å². The smallest absolute Gasteiger partial charge is 0.319 e. The first kappa shape index (κ1) is 12.6. The van der Waals surface area contributed by atoms with E-state index in [-0.39, 0.29) is 12.1 Å². The summed E-state index contributed by atoms with van der Waals surface area (Å²) in [7, 11) is 1.53. The second kappa shape index (κ2) is 5.61. The summed E-state index contributed by atoms with van der Waals surface area (Å²) in [6, 6.07) is 4.90. The van der Waals surface area contributed by atoms with E-state index in [2.05, 4.69) is 10.6 Å². The zero-order valence-corrected chi connectivity index (χ0v) is 10.3. The number of hydrogen-bond donors (Lipinski definition) is 2. The van der Waals surface area contributed by atoms with Crippen LogP contribution in [0.5, 0.6) is 5.75 Å². The first-order valence-electron chi connectivity index (χ1n) is 4.94. The summed E-state index contributed by atoms with van der Waals surface area (Å²) in [5.74, 6) is 0.531. The molecule has 0 radical (unpaired) electrons. The van der Waals surface area contributed by atoms with Gasteiger partial charge in [-0.1, -0.05) is 11.6 Å². The van der Waals surface area contributed by atoms with Crippen molar-refractivity contribution in [2.24, 2.45) is 0 Å². The van der Waals surface area contributed by atoms with E-state index >= 15 is 0 Å². The number of halogens is 1. The quantitative estimate of drug-likeness (QED) is 0.856. The van der Waals surface area contributed by atoms with Crippen LogP contribution in [0.3, 0.4) is 0 Å². The van der Waals surface area contributed by atoms with Crippen LogP contribution in [0.25, 0.3) is 0 Å². The van der Waals surface area contributed by atoms with Gasteiger partial charge in [0.05, 0.1) is 12.1 Å². The predicted octanol–water partition coefficient (Wildman–Crippen LogP) is 2.88. The minimum Gasteiger partial charge on any atom is -0.495 e. The second-order valence-corrected chi connectivity index (χ2v) is 4.01. The summed E-state index contributed by atoms with van der Waals surface area (Å²) in [5, 5.41) is 5.92. The highest BCUT2D eigenvalue weighted by Gasteiger charge is 2.06. The molecule has 1 rings (SSSR count). The van der Waals surface area contributed by atoms with E-state index < -0.39 is 0 Å². The molecule has 0 aliphatic heterocycles. The van der Waals surface area contributed by atoms with Gasteiger partial charge in [-0.2, -0.15) is 0 Å². The summed E-state index contributed by atoms with van der Waals surface area (Å²) < 4.78 is 5.04. The molecular weight excluding hydrogens is 228 g/mol. The Kier molecular flexibility index (Phi) is 4.43. The molecule has 1 aromatic rings. The molecule has 16 heavy (non-hydrogen) atoms. The molecule has 0 heterocycles. The van der Waals surface area contributed by atoms with Gasteiger partial charge in [-0.05, 0) is 26.0 Å². The SMILES string of the molecule is COc1cc(NC(=O)NC(C)C)ccc1Cl. The maximum Gasteiger partial charge on any atom is 0.319 e. The highest BCUT2D eigenvalue weighted by atomic mass is 35.5. The third kappa shape index (κ3) is 3.62. The van der Waals surface area contributed by atoms with Crippen LogP contribution in [-0.2, 0) is 0 Å². The first-order chi connectivity index (χ1) is 7.52. The molecule has 0 saturated carbocycles. The third-order valence-corrected chi connectivity index (χ3v) is 2.14. The molecule has 0 aliphatic rings. The zero-order valence-electron chi connectivity index (χ0n) is 9.50. The summed E-state index contributed by atoms with van der Waals surface area (Å²) in [6.07, 6.45) is 0. The fourth-order valence-corrected chi connectivity index (χ4v) is 1.36. The minimum atomic E-state index is -0.251. The van der Waals surface area contributed by atoms with E-state index in [0.717, 1.165) is 0 Å². The van der Waals surface area contributed by atoms with Crippen molar-refractivity contribution in [2.75, 3.05) is 12.4 Å². The third-order valence-electron chi connectivity index (χ3n) is 1.83. The van der Waals surface area contributed by atoms with Crippen molar-refractivity contribution in [3.63, 3.8) is 0 Å². The van der Waals surface area contributed by atoms with E-state index in [1.807, 2.05) is 13.8 Å². The molecule has 2 amide bonds. The summed E-state index contributed by atoms with van der Waals surface area (Å²) in [6.45, 7) is 3.78. The van der Waals surface area contributed by atoms with Gasteiger partial charge in [-0.15, -0.1) is 0 Å². The highest BCUT2D eigenvalue weighted by Crippen LogP contribution is 2.27. The van der Waals surface area contributed by atoms with Crippen LogP contribution in [0, 0.1) is 0 Å². The Bertz CT molecular complexity index is 380. The lowest BCUT2D eigenvalue weighted by Gasteiger charge is -2.11. The van der Waals surface area contributed by atoms with Gasteiger partial charge in [0.25, 0.3) is 0 Å².